The molecule has 1 amide bonds. The summed E-state index contributed by atoms with van der Waals surface area (Å²) < 4.78 is 73.6. The van der Waals surface area contributed by atoms with Crippen molar-refractivity contribution in [2.75, 3.05) is 23.6 Å². The summed E-state index contributed by atoms with van der Waals surface area (Å²) in [6.45, 7) is 2.84. The molecule has 172 valence electrons. The van der Waals surface area contributed by atoms with Crippen molar-refractivity contribution in [2.24, 2.45) is 0 Å². The van der Waals surface area contributed by atoms with E-state index in [9.17, 15) is 26.7 Å². The van der Waals surface area contributed by atoms with Crippen molar-refractivity contribution >= 4 is 23.0 Å². The molecule has 10 heteroatoms. The number of rotatable bonds is 3. The van der Waals surface area contributed by atoms with Gasteiger partial charge < -0.3 is 9.64 Å². The molecule has 2 aromatic carbocycles. The van der Waals surface area contributed by atoms with Crippen LogP contribution in [0.2, 0.25) is 0 Å². The molecule has 0 N–H and O–H groups in total. The first-order chi connectivity index (χ1) is 15.5. The van der Waals surface area contributed by atoms with E-state index in [4.69, 9.17) is 4.74 Å². The first-order valence-corrected chi connectivity index (χ1v) is 9.79. The van der Waals surface area contributed by atoms with Crippen LogP contribution in [-0.4, -0.2) is 24.7 Å². The number of hydrogen-bond acceptors (Lipinski definition) is 4. The molecule has 0 unspecified atom stereocenters. The van der Waals surface area contributed by atoms with Crippen molar-refractivity contribution in [1.82, 2.24) is 4.98 Å². The number of amides is 1. The van der Waals surface area contributed by atoms with Crippen LogP contribution in [0.4, 0.5) is 39.0 Å². The fraction of sp³-hybridized carbons (Fsp3) is 0.217. The fourth-order valence-electron chi connectivity index (χ4n) is 3.78. The van der Waals surface area contributed by atoms with Gasteiger partial charge in [-0.2, -0.15) is 13.2 Å². The van der Waals surface area contributed by atoms with Crippen LogP contribution in [-0.2, 0) is 6.18 Å². The molecule has 0 fully saturated rings. The summed E-state index contributed by atoms with van der Waals surface area (Å²) in [6.07, 6.45) is -4.68. The van der Waals surface area contributed by atoms with Crippen LogP contribution in [0.5, 0.6) is 5.88 Å². The predicted octanol–water partition coefficient (Wildman–Crippen LogP) is 5.76. The average molecular weight is 463 g/mol. The Balaban J connectivity index is 1.93. The number of carbonyl (C=O) groups is 1. The molecular weight excluding hydrogens is 445 g/mol. The second kappa shape index (κ2) is 8.02. The van der Waals surface area contributed by atoms with Gasteiger partial charge in [-0.15, -0.1) is 0 Å². The molecule has 2 heterocycles. The number of benzene rings is 2. The molecule has 3 aromatic rings. The zero-order valence-electron chi connectivity index (χ0n) is 17.8. The van der Waals surface area contributed by atoms with E-state index in [-0.39, 0.29) is 29.2 Å². The maximum Gasteiger partial charge on any atom is 0.416 e. The number of aromatic nitrogens is 1. The van der Waals surface area contributed by atoms with Crippen molar-refractivity contribution in [3.8, 4) is 5.88 Å². The zero-order valence-corrected chi connectivity index (χ0v) is 17.8. The summed E-state index contributed by atoms with van der Waals surface area (Å²) in [7, 11) is 1.42. The van der Waals surface area contributed by atoms with E-state index in [1.807, 2.05) is 0 Å². The van der Waals surface area contributed by atoms with Gasteiger partial charge in [-0.25, -0.2) is 13.8 Å². The normalized spacial score (nSPS) is 13.9. The lowest BCUT2D eigenvalue weighted by atomic mass is 10.0. The average Bonchev–Trinajstić information content (AvgIpc) is 2.76. The quantitative estimate of drug-likeness (QED) is 0.464. The molecule has 4 rings (SSSR count). The number of fused-ring (bicyclic) bond motifs is 1. The lowest BCUT2D eigenvalue weighted by Gasteiger charge is -2.39. The second-order valence-corrected chi connectivity index (χ2v) is 7.52. The van der Waals surface area contributed by atoms with Gasteiger partial charge in [0.2, 0.25) is 5.88 Å². The molecule has 0 aliphatic carbocycles. The standard InChI is InChI=1S/C23H18F5N3O2/c1-12-17(25)9-15(24)10-20(12)30-11-31(18-6-7-21(33-3)29-13(18)2)22(32)16-8-14(23(26,27)28)4-5-19(16)30/h4-10H,11H2,1-3H3. The largest absolute Gasteiger partial charge is 0.481 e. The topological polar surface area (TPSA) is 45.7 Å². The molecule has 1 aliphatic heterocycles. The van der Waals surface area contributed by atoms with Crippen molar-refractivity contribution < 1.29 is 31.5 Å². The number of hydrogen-bond donors (Lipinski definition) is 0. The monoisotopic (exact) mass is 463 g/mol. The molecular formula is C23H18F5N3O2. The highest BCUT2D eigenvalue weighted by Crippen LogP contribution is 2.41. The first kappa shape index (κ1) is 22.5. The minimum absolute atomic E-state index is 0.0844. The molecule has 33 heavy (non-hydrogen) atoms. The van der Waals surface area contributed by atoms with E-state index in [1.165, 1.54) is 29.9 Å². The van der Waals surface area contributed by atoms with Gasteiger partial charge in [-0.1, -0.05) is 0 Å². The van der Waals surface area contributed by atoms with Gasteiger partial charge in [-0.3, -0.25) is 9.69 Å². The summed E-state index contributed by atoms with van der Waals surface area (Å²) >= 11 is 0. The minimum atomic E-state index is -4.68. The first-order valence-electron chi connectivity index (χ1n) is 9.79. The SMILES string of the molecule is COc1ccc(N2CN(c3cc(F)cc(F)c3C)c3ccc(C(F)(F)F)cc3C2=O)c(C)n1. The Morgan fingerprint density at radius 1 is 0.939 bits per heavy atom. The summed E-state index contributed by atoms with van der Waals surface area (Å²) in [4.78, 5) is 20.2. The molecule has 5 nitrogen and oxygen atoms in total. The fourth-order valence-corrected chi connectivity index (χ4v) is 3.78. The highest BCUT2D eigenvalue weighted by Gasteiger charge is 2.37. The highest BCUT2D eigenvalue weighted by atomic mass is 19.4. The number of pyridine rings is 1. The van der Waals surface area contributed by atoms with Gasteiger partial charge >= 0.3 is 6.18 Å². The van der Waals surface area contributed by atoms with Gasteiger partial charge in [0.05, 0.1) is 41.0 Å². The summed E-state index contributed by atoms with van der Waals surface area (Å²) in [5.41, 5.74) is -0.273. The lowest BCUT2D eigenvalue weighted by molar-refractivity contribution is -0.137. The Kier molecular flexibility index (Phi) is 5.47. The number of nitrogens with zero attached hydrogens (tertiary/aromatic N) is 3. The Bertz CT molecular complexity index is 1260. The van der Waals surface area contributed by atoms with Gasteiger partial charge in [0, 0.05) is 17.7 Å². The van der Waals surface area contributed by atoms with Gasteiger partial charge in [0.25, 0.3) is 5.91 Å². The Morgan fingerprint density at radius 3 is 2.27 bits per heavy atom. The van der Waals surface area contributed by atoms with Crippen LogP contribution in [0.15, 0.2) is 42.5 Å². The van der Waals surface area contributed by atoms with Crippen molar-refractivity contribution in [1.29, 1.82) is 0 Å². The molecule has 0 saturated heterocycles. The van der Waals surface area contributed by atoms with Crippen LogP contribution >= 0.6 is 0 Å². The maximum absolute atomic E-state index is 14.3. The maximum atomic E-state index is 14.3. The number of anilines is 3. The van der Waals surface area contributed by atoms with E-state index < -0.39 is 29.3 Å². The number of halogens is 5. The van der Waals surface area contributed by atoms with Crippen molar-refractivity contribution in [3.63, 3.8) is 0 Å². The van der Waals surface area contributed by atoms with Crippen molar-refractivity contribution in [2.45, 2.75) is 20.0 Å². The van der Waals surface area contributed by atoms with E-state index >= 15 is 0 Å². The van der Waals surface area contributed by atoms with Crippen LogP contribution in [0.1, 0.15) is 27.2 Å². The third-order valence-electron chi connectivity index (χ3n) is 5.48. The third kappa shape index (κ3) is 3.96. The van der Waals surface area contributed by atoms with E-state index in [0.29, 0.717) is 17.3 Å². The minimum Gasteiger partial charge on any atom is -0.481 e. The summed E-state index contributed by atoms with van der Waals surface area (Å²) in [6, 6.07) is 7.57. The smallest absolute Gasteiger partial charge is 0.416 e. The van der Waals surface area contributed by atoms with E-state index in [0.717, 1.165) is 30.3 Å². The molecule has 0 radical (unpaired) electrons. The van der Waals surface area contributed by atoms with Crippen LogP contribution in [0.25, 0.3) is 0 Å². The van der Waals surface area contributed by atoms with E-state index in [1.54, 1.807) is 13.0 Å². The second-order valence-electron chi connectivity index (χ2n) is 7.52. The highest BCUT2D eigenvalue weighted by molar-refractivity contribution is 6.13. The summed E-state index contributed by atoms with van der Waals surface area (Å²) in [5, 5.41) is 0. The lowest BCUT2D eigenvalue weighted by Crippen LogP contribution is -2.45. The zero-order chi connectivity index (χ0) is 24.1. The van der Waals surface area contributed by atoms with Crippen LogP contribution < -0.4 is 14.5 Å². The Hall–Kier alpha value is -3.69. The molecule has 1 aliphatic rings. The number of methoxy groups -OCH3 is 1. The summed E-state index contributed by atoms with van der Waals surface area (Å²) in [5.74, 6) is -2.08. The van der Waals surface area contributed by atoms with Crippen LogP contribution in [0, 0.1) is 25.5 Å². The van der Waals surface area contributed by atoms with Gasteiger partial charge in [0.15, 0.2) is 0 Å². The number of aryl methyl sites for hydroxylation is 1. The van der Waals surface area contributed by atoms with Crippen molar-refractivity contribution in [3.05, 3.63) is 76.5 Å². The third-order valence-corrected chi connectivity index (χ3v) is 5.48. The molecule has 1 aromatic heterocycles. The van der Waals surface area contributed by atoms with Gasteiger partial charge in [-0.05, 0) is 44.2 Å². The molecule has 0 spiro atoms. The van der Waals surface area contributed by atoms with Gasteiger partial charge in [0.1, 0.15) is 18.3 Å². The van der Waals surface area contributed by atoms with E-state index in [2.05, 4.69) is 4.98 Å². The number of carbonyl (C=O) groups excluding carboxylic acids is 1. The molecule has 0 bridgehead atoms. The molecule has 0 saturated carbocycles. The Morgan fingerprint density at radius 2 is 1.64 bits per heavy atom. The van der Waals surface area contributed by atoms with Crippen LogP contribution in [0.3, 0.4) is 0 Å². The molecule has 0 atom stereocenters. The Labute approximate surface area is 186 Å². The number of ether oxygens (including phenoxy) is 1. The number of alkyl halides is 3. The predicted molar refractivity (Wildman–Crippen MR) is 112 cm³/mol.